The molecule has 0 aliphatic carbocycles. The molecule has 0 fully saturated rings. The molecule has 6 heteroatoms. The minimum atomic E-state index is -0.447. The van der Waals surface area contributed by atoms with Gasteiger partial charge in [-0.15, -0.1) is 0 Å². The lowest BCUT2D eigenvalue weighted by atomic mass is 10.1. The maximum atomic E-state index is 11.9. The first-order chi connectivity index (χ1) is 8.58. The van der Waals surface area contributed by atoms with Crippen molar-refractivity contribution in [3.63, 3.8) is 0 Å². The number of aryl methyl sites for hydroxylation is 1. The summed E-state index contributed by atoms with van der Waals surface area (Å²) < 4.78 is 0. The molecule has 0 aromatic carbocycles. The smallest absolute Gasteiger partial charge is 0.258 e. The molecule has 0 saturated carbocycles. The van der Waals surface area contributed by atoms with Gasteiger partial charge in [0.25, 0.3) is 5.91 Å². The highest BCUT2D eigenvalue weighted by Gasteiger charge is 2.12. The third kappa shape index (κ3) is 2.37. The number of pyridine rings is 2. The van der Waals surface area contributed by atoms with Crippen LogP contribution in [0, 0.1) is 6.92 Å². The molecule has 1 amide bonds. The van der Waals surface area contributed by atoms with Gasteiger partial charge < -0.3 is 15.4 Å². The largest absolute Gasteiger partial charge is 0.504 e. The van der Waals surface area contributed by atoms with E-state index in [0.29, 0.717) is 11.1 Å². The Morgan fingerprint density at radius 3 is 2.94 bits per heavy atom. The van der Waals surface area contributed by atoms with Crippen LogP contribution in [0.15, 0.2) is 35.4 Å². The number of aromatic nitrogens is 2. The van der Waals surface area contributed by atoms with Gasteiger partial charge in [-0.05, 0) is 24.6 Å². The highest BCUT2D eigenvalue weighted by molar-refractivity contribution is 6.05. The third-order valence-electron chi connectivity index (χ3n) is 2.39. The molecule has 2 heterocycles. The summed E-state index contributed by atoms with van der Waals surface area (Å²) in [6.07, 6.45) is 2.78. The quantitative estimate of drug-likeness (QED) is 0.736. The Morgan fingerprint density at radius 2 is 2.28 bits per heavy atom. The molecule has 2 aromatic heterocycles. The zero-order chi connectivity index (χ0) is 13.1. The predicted molar refractivity (Wildman–Crippen MR) is 65.7 cm³/mol. The van der Waals surface area contributed by atoms with E-state index >= 15 is 0 Å². The molecule has 0 spiro atoms. The van der Waals surface area contributed by atoms with Gasteiger partial charge in [0.1, 0.15) is 0 Å². The van der Waals surface area contributed by atoms with Crippen molar-refractivity contribution in [1.29, 1.82) is 0 Å². The van der Waals surface area contributed by atoms with Gasteiger partial charge in [-0.2, -0.15) is 0 Å². The first-order valence-electron chi connectivity index (χ1n) is 5.22. The van der Waals surface area contributed by atoms with Gasteiger partial charge in [-0.1, -0.05) is 0 Å². The number of hydrogen-bond acceptors (Lipinski definition) is 4. The average molecular weight is 245 g/mol. The van der Waals surface area contributed by atoms with E-state index in [1.54, 1.807) is 13.0 Å². The summed E-state index contributed by atoms with van der Waals surface area (Å²) in [6.45, 7) is 1.66. The van der Waals surface area contributed by atoms with Crippen LogP contribution in [-0.4, -0.2) is 21.0 Å². The number of H-pyrrole nitrogens is 1. The van der Waals surface area contributed by atoms with Crippen LogP contribution in [0.2, 0.25) is 0 Å². The van der Waals surface area contributed by atoms with E-state index in [1.807, 2.05) is 0 Å². The lowest BCUT2D eigenvalue weighted by Crippen LogP contribution is -2.17. The number of hydrogen-bond donors (Lipinski definition) is 3. The monoisotopic (exact) mass is 245 g/mol. The van der Waals surface area contributed by atoms with Crippen LogP contribution in [0.4, 0.5) is 5.82 Å². The first-order valence-corrected chi connectivity index (χ1v) is 5.22. The summed E-state index contributed by atoms with van der Waals surface area (Å²) >= 11 is 0. The zero-order valence-corrected chi connectivity index (χ0v) is 9.60. The highest BCUT2D eigenvalue weighted by atomic mass is 16.3. The van der Waals surface area contributed by atoms with E-state index in [9.17, 15) is 14.7 Å². The molecular weight excluding hydrogens is 234 g/mol. The van der Waals surface area contributed by atoms with E-state index in [1.165, 1.54) is 24.5 Å². The van der Waals surface area contributed by atoms with Crippen molar-refractivity contribution in [3.05, 3.63) is 52.1 Å². The molecule has 0 bridgehead atoms. The molecule has 0 aliphatic heterocycles. The van der Waals surface area contributed by atoms with Crippen molar-refractivity contribution in [2.24, 2.45) is 0 Å². The van der Waals surface area contributed by atoms with Gasteiger partial charge in [-0.25, -0.2) is 4.98 Å². The second-order valence-electron chi connectivity index (χ2n) is 3.72. The standard InChI is InChI=1S/C12H11N3O3/c1-7-5-10(17)14-6-8(7)12(18)15-11-9(16)3-2-4-13-11/h2-6,16H,1H3,(H,14,17)(H,13,15,18). The van der Waals surface area contributed by atoms with Gasteiger partial charge in [0.15, 0.2) is 11.6 Å². The number of nitrogens with zero attached hydrogens (tertiary/aromatic N) is 1. The number of aromatic amines is 1. The number of carbonyl (C=O) groups excluding carboxylic acids is 1. The van der Waals surface area contributed by atoms with Crippen LogP contribution in [0.1, 0.15) is 15.9 Å². The van der Waals surface area contributed by atoms with Crippen molar-refractivity contribution in [3.8, 4) is 5.75 Å². The molecule has 0 unspecified atom stereocenters. The number of carbonyl (C=O) groups is 1. The number of nitrogens with one attached hydrogen (secondary N) is 2. The predicted octanol–water partition coefficient (Wildman–Crippen LogP) is 1.04. The minimum Gasteiger partial charge on any atom is -0.504 e. The van der Waals surface area contributed by atoms with Crippen molar-refractivity contribution < 1.29 is 9.90 Å². The molecule has 2 rings (SSSR count). The van der Waals surface area contributed by atoms with Gasteiger partial charge in [0.05, 0.1) is 5.56 Å². The maximum Gasteiger partial charge on any atom is 0.258 e. The molecule has 0 aliphatic rings. The van der Waals surface area contributed by atoms with Crippen LogP contribution in [0.5, 0.6) is 5.75 Å². The Bertz CT molecular complexity index is 649. The summed E-state index contributed by atoms with van der Waals surface area (Å²) in [6, 6.07) is 4.30. The Hall–Kier alpha value is -2.63. The molecule has 3 N–H and O–H groups in total. The Kier molecular flexibility index (Phi) is 3.09. The summed E-state index contributed by atoms with van der Waals surface area (Å²) in [7, 11) is 0. The summed E-state index contributed by atoms with van der Waals surface area (Å²) in [5.74, 6) is -0.487. The fourth-order valence-corrected chi connectivity index (χ4v) is 1.49. The number of rotatable bonds is 2. The average Bonchev–Trinajstić information content (AvgIpc) is 2.32. The lowest BCUT2D eigenvalue weighted by molar-refractivity contribution is 0.102. The van der Waals surface area contributed by atoms with E-state index in [0.717, 1.165) is 0 Å². The molecule has 6 nitrogen and oxygen atoms in total. The van der Waals surface area contributed by atoms with E-state index < -0.39 is 5.91 Å². The van der Waals surface area contributed by atoms with Crippen LogP contribution in [-0.2, 0) is 0 Å². The Morgan fingerprint density at radius 1 is 1.50 bits per heavy atom. The molecule has 18 heavy (non-hydrogen) atoms. The molecule has 0 atom stereocenters. The topological polar surface area (TPSA) is 95.1 Å². The minimum absolute atomic E-state index is 0.0769. The SMILES string of the molecule is Cc1cc(=O)[nH]cc1C(=O)Nc1ncccc1O. The fourth-order valence-electron chi connectivity index (χ4n) is 1.49. The Balaban J connectivity index is 2.28. The summed E-state index contributed by atoms with van der Waals surface area (Å²) in [5, 5.41) is 11.9. The van der Waals surface area contributed by atoms with Crippen molar-refractivity contribution in [2.45, 2.75) is 6.92 Å². The number of amides is 1. The van der Waals surface area contributed by atoms with Gasteiger partial charge >= 0.3 is 0 Å². The zero-order valence-electron chi connectivity index (χ0n) is 9.60. The fraction of sp³-hybridized carbons (Fsp3) is 0.0833. The Labute approximate surface area is 102 Å². The van der Waals surface area contributed by atoms with Gasteiger partial charge in [0, 0.05) is 18.5 Å². The van der Waals surface area contributed by atoms with Gasteiger partial charge in [-0.3, -0.25) is 9.59 Å². The van der Waals surface area contributed by atoms with Crippen molar-refractivity contribution in [2.75, 3.05) is 5.32 Å². The second-order valence-corrected chi connectivity index (χ2v) is 3.72. The molecule has 92 valence electrons. The van der Waals surface area contributed by atoms with Crippen LogP contribution in [0.3, 0.4) is 0 Å². The van der Waals surface area contributed by atoms with E-state index in [2.05, 4.69) is 15.3 Å². The third-order valence-corrected chi connectivity index (χ3v) is 2.39. The number of aromatic hydroxyl groups is 1. The van der Waals surface area contributed by atoms with Crippen molar-refractivity contribution in [1.82, 2.24) is 9.97 Å². The lowest BCUT2D eigenvalue weighted by Gasteiger charge is -2.07. The van der Waals surface area contributed by atoms with E-state index in [4.69, 9.17) is 0 Å². The van der Waals surface area contributed by atoms with Crippen LogP contribution < -0.4 is 10.9 Å². The van der Waals surface area contributed by atoms with Gasteiger partial charge in [0.2, 0.25) is 5.56 Å². The number of anilines is 1. The van der Waals surface area contributed by atoms with E-state index in [-0.39, 0.29) is 17.1 Å². The van der Waals surface area contributed by atoms with Crippen LogP contribution >= 0.6 is 0 Å². The normalized spacial score (nSPS) is 10.1. The molecular formula is C12H11N3O3. The molecule has 0 saturated heterocycles. The highest BCUT2D eigenvalue weighted by Crippen LogP contribution is 2.19. The first kappa shape index (κ1) is 11.8. The maximum absolute atomic E-state index is 11.9. The molecule has 2 aromatic rings. The summed E-state index contributed by atoms with van der Waals surface area (Å²) in [4.78, 5) is 29.2. The second kappa shape index (κ2) is 4.70. The molecule has 0 radical (unpaired) electrons. The van der Waals surface area contributed by atoms with Crippen LogP contribution in [0.25, 0.3) is 0 Å². The summed E-state index contributed by atoms with van der Waals surface area (Å²) in [5.41, 5.74) is 0.594. The van der Waals surface area contributed by atoms with Crippen molar-refractivity contribution >= 4 is 11.7 Å².